The first-order valence-electron chi connectivity index (χ1n) is 6.03. The minimum Gasteiger partial charge on any atom is -0.481 e. The Balaban J connectivity index is 2.52. The molecular formula is C14H20O2. The highest BCUT2D eigenvalue weighted by molar-refractivity contribution is 5.75. The van der Waals surface area contributed by atoms with Crippen LogP contribution >= 0.6 is 0 Å². The van der Waals surface area contributed by atoms with Crippen LogP contribution in [0.5, 0.6) is 0 Å². The summed E-state index contributed by atoms with van der Waals surface area (Å²) in [7, 11) is 0. The average molecular weight is 220 g/mol. The summed E-state index contributed by atoms with van der Waals surface area (Å²) in [6.07, 6.45) is 5.26. The molecule has 1 N–H and O–H groups in total. The van der Waals surface area contributed by atoms with E-state index in [2.05, 4.69) is 6.92 Å². The molecule has 0 saturated carbocycles. The number of unbranched alkanes of at least 4 members (excludes halogenated alkanes) is 3. The van der Waals surface area contributed by atoms with Gasteiger partial charge in [-0.1, -0.05) is 62.9 Å². The third-order valence-electron chi connectivity index (χ3n) is 2.85. The van der Waals surface area contributed by atoms with Crippen molar-refractivity contribution < 1.29 is 9.90 Å². The fourth-order valence-corrected chi connectivity index (χ4v) is 1.89. The lowest BCUT2D eigenvalue weighted by Crippen LogP contribution is -2.11. The summed E-state index contributed by atoms with van der Waals surface area (Å²) in [6.45, 7) is 2.16. The summed E-state index contributed by atoms with van der Waals surface area (Å²) in [5.41, 5.74) is 0.923. The molecule has 0 saturated heterocycles. The predicted molar refractivity (Wildman–Crippen MR) is 65.6 cm³/mol. The zero-order valence-electron chi connectivity index (χ0n) is 9.86. The highest BCUT2D eigenvalue weighted by atomic mass is 16.4. The first-order valence-corrected chi connectivity index (χ1v) is 6.03. The largest absolute Gasteiger partial charge is 0.481 e. The lowest BCUT2D eigenvalue weighted by Gasteiger charge is -2.12. The van der Waals surface area contributed by atoms with Crippen molar-refractivity contribution in [1.82, 2.24) is 0 Å². The van der Waals surface area contributed by atoms with Crippen LogP contribution in [0.1, 0.15) is 50.5 Å². The molecule has 0 bridgehead atoms. The van der Waals surface area contributed by atoms with E-state index in [1.54, 1.807) is 0 Å². The molecule has 0 aliphatic rings. The van der Waals surface area contributed by atoms with E-state index in [1.807, 2.05) is 30.3 Å². The molecule has 88 valence electrons. The standard InChI is InChI=1S/C14H20O2/c1-2-3-4-8-11-13(14(15)16)12-9-6-5-7-10-12/h5-7,9-10,13H,2-4,8,11H2,1H3,(H,15,16)/t13-/m1/s1. The second kappa shape index (κ2) is 7.04. The number of carbonyl (C=O) groups is 1. The molecule has 2 nitrogen and oxygen atoms in total. The van der Waals surface area contributed by atoms with E-state index in [4.69, 9.17) is 0 Å². The second-order valence-corrected chi connectivity index (χ2v) is 4.15. The number of hydrogen-bond acceptors (Lipinski definition) is 1. The Morgan fingerprint density at radius 1 is 1.19 bits per heavy atom. The quantitative estimate of drug-likeness (QED) is 0.709. The highest BCUT2D eigenvalue weighted by Gasteiger charge is 2.18. The molecule has 1 aromatic rings. The van der Waals surface area contributed by atoms with Gasteiger partial charge in [-0.2, -0.15) is 0 Å². The summed E-state index contributed by atoms with van der Waals surface area (Å²) in [4.78, 5) is 11.2. The molecule has 1 aromatic carbocycles. The van der Waals surface area contributed by atoms with E-state index in [0.717, 1.165) is 24.8 Å². The van der Waals surface area contributed by atoms with Gasteiger partial charge in [0.05, 0.1) is 5.92 Å². The lowest BCUT2D eigenvalue weighted by molar-refractivity contribution is -0.139. The minimum absolute atomic E-state index is 0.335. The van der Waals surface area contributed by atoms with Gasteiger partial charge in [0, 0.05) is 0 Å². The molecular weight excluding hydrogens is 200 g/mol. The fourth-order valence-electron chi connectivity index (χ4n) is 1.89. The maximum absolute atomic E-state index is 11.2. The van der Waals surface area contributed by atoms with Crippen molar-refractivity contribution in [1.29, 1.82) is 0 Å². The van der Waals surface area contributed by atoms with Crippen LogP contribution in [0.15, 0.2) is 30.3 Å². The summed E-state index contributed by atoms with van der Waals surface area (Å²) in [6, 6.07) is 9.52. The van der Waals surface area contributed by atoms with E-state index in [9.17, 15) is 9.90 Å². The maximum atomic E-state index is 11.2. The van der Waals surface area contributed by atoms with Crippen molar-refractivity contribution in [2.24, 2.45) is 0 Å². The molecule has 0 aliphatic heterocycles. The lowest BCUT2D eigenvalue weighted by atomic mass is 9.93. The van der Waals surface area contributed by atoms with E-state index in [0.29, 0.717) is 0 Å². The summed E-state index contributed by atoms with van der Waals surface area (Å²) >= 11 is 0. The Morgan fingerprint density at radius 3 is 2.44 bits per heavy atom. The van der Waals surface area contributed by atoms with Crippen molar-refractivity contribution in [3.05, 3.63) is 35.9 Å². The van der Waals surface area contributed by atoms with Crippen LogP contribution in [0.4, 0.5) is 0 Å². The van der Waals surface area contributed by atoms with Crippen LogP contribution in [0.3, 0.4) is 0 Å². The molecule has 0 amide bonds. The van der Waals surface area contributed by atoms with Crippen molar-refractivity contribution in [3.63, 3.8) is 0 Å². The number of hydrogen-bond donors (Lipinski definition) is 1. The van der Waals surface area contributed by atoms with Gasteiger partial charge in [-0.3, -0.25) is 4.79 Å². The Hall–Kier alpha value is -1.31. The van der Waals surface area contributed by atoms with Crippen molar-refractivity contribution in [2.75, 3.05) is 0 Å². The SMILES string of the molecule is CCCCCC[C@@H](C(=O)O)c1ccccc1. The Labute approximate surface area is 97.3 Å². The number of benzene rings is 1. The van der Waals surface area contributed by atoms with Gasteiger partial charge in [-0.05, 0) is 12.0 Å². The predicted octanol–water partition coefficient (Wildman–Crippen LogP) is 3.83. The van der Waals surface area contributed by atoms with Crippen molar-refractivity contribution in [2.45, 2.75) is 44.9 Å². The molecule has 0 radical (unpaired) electrons. The molecule has 2 heteroatoms. The fraction of sp³-hybridized carbons (Fsp3) is 0.500. The van der Waals surface area contributed by atoms with E-state index >= 15 is 0 Å². The van der Waals surface area contributed by atoms with Gasteiger partial charge in [-0.25, -0.2) is 0 Å². The molecule has 16 heavy (non-hydrogen) atoms. The number of rotatable bonds is 7. The van der Waals surface area contributed by atoms with E-state index in [1.165, 1.54) is 12.8 Å². The number of carboxylic acid groups (broad SMARTS) is 1. The topological polar surface area (TPSA) is 37.3 Å². The molecule has 1 rings (SSSR count). The van der Waals surface area contributed by atoms with Gasteiger partial charge >= 0.3 is 5.97 Å². The van der Waals surface area contributed by atoms with Gasteiger partial charge in [0.15, 0.2) is 0 Å². The van der Waals surface area contributed by atoms with Gasteiger partial charge in [0.1, 0.15) is 0 Å². The Morgan fingerprint density at radius 2 is 1.88 bits per heavy atom. The maximum Gasteiger partial charge on any atom is 0.310 e. The summed E-state index contributed by atoms with van der Waals surface area (Å²) < 4.78 is 0. The van der Waals surface area contributed by atoms with Gasteiger partial charge in [0.25, 0.3) is 0 Å². The van der Waals surface area contributed by atoms with Crippen LogP contribution in [0.25, 0.3) is 0 Å². The third kappa shape index (κ3) is 4.05. The van der Waals surface area contributed by atoms with Crippen LogP contribution in [-0.2, 0) is 4.79 Å². The Kier molecular flexibility index (Phi) is 5.62. The van der Waals surface area contributed by atoms with Gasteiger partial charge in [-0.15, -0.1) is 0 Å². The van der Waals surface area contributed by atoms with E-state index < -0.39 is 5.97 Å². The van der Waals surface area contributed by atoms with Crippen LogP contribution in [-0.4, -0.2) is 11.1 Å². The van der Waals surface area contributed by atoms with Crippen LogP contribution < -0.4 is 0 Å². The van der Waals surface area contributed by atoms with Gasteiger partial charge in [0.2, 0.25) is 0 Å². The monoisotopic (exact) mass is 220 g/mol. The smallest absolute Gasteiger partial charge is 0.310 e. The minimum atomic E-state index is -0.706. The number of aliphatic carboxylic acids is 1. The van der Waals surface area contributed by atoms with Crippen molar-refractivity contribution >= 4 is 5.97 Å². The molecule has 0 fully saturated rings. The zero-order chi connectivity index (χ0) is 11.8. The third-order valence-corrected chi connectivity index (χ3v) is 2.85. The van der Waals surface area contributed by atoms with Crippen molar-refractivity contribution in [3.8, 4) is 0 Å². The first-order chi connectivity index (χ1) is 7.75. The van der Waals surface area contributed by atoms with E-state index in [-0.39, 0.29) is 5.92 Å². The second-order valence-electron chi connectivity index (χ2n) is 4.15. The molecule has 0 heterocycles. The zero-order valence-corrected chi connectivity index (χ0v) is 9.86. The van der Waals surface area contributed by atoms with Gasteiger partial charge < -0.3 is 5.11 Å². The molecule has 0 aliphatic carbocycles. The molecule has 0 aromatic heterocycles. The Bertz CT molecular complexity index is 306. The summed E-state index contributed by atoms with van der Waals surface area (Å²) in [5, 5.41) is 9.18. The molecule has 0 spiro atoms. The van der Waals surface area contributed by atoms with Crippen LogP contribution in [0, 0.1) is 0 Å². The number of carboxylic acids is 1. The normalized spacial score (nSPS) is 12.3. The first kappa shape index (κ1) is 12.8. The average Bonchev–Trinajstić information content (AvgIpc) is 2.30. The molecule has 1 atom stereocenters. The van der Waals surface area contributed by atoms with Crippen LogP contribution in [0.2, 0.25) is 0 Å². The molecule has 0 unspecified atom stereocenters. The highest BCUT2D eigenvalue weighted by Crippen LogP contribution is 2.22. The summed E-state index contributed by atoms with van der Waals surface area (Å²) in [5.74, 6) is -1.04.